The van der Waals surface area contributed by atoms with E-state index in [1.165, 1.54) is 12.8 Å². The Balaban J connectivity index is 2.02. The minimum atomic E-state index is 0.281. The molecule has 1 saturated carbocycles. The lowest BCUT2D eigenvalue weighted by Crippen LogP contribution is -2.26. The number of ether oxygens (including phenoxy) is 1. The zero-order valence-electron chi connectivity index (χ0n) is 15.6. The molecule has 5 heteroatoms. The summed E-state index contributed by atoms with van der Waals surface area (Å²) in [7, 11) is 2.01. The minimum absolute atomic E-state index is 0.281. The van der Waals surface area contributed by atoms with Gasteiger partial charge < -0.3 is 9.64 Å². The van der Waals surface area contributed by atoms with Crippen molar-refractivity contribution in [1.29, 1.82) is 0 Å². The van der Waals surface area contributed by atoms with Crippen molar-refractivity contribution in [3.8, 4) is 5.88 Å². The summed E-state index contributed by atoms with van der Waals surface area (Å²) < 4.78 is 7.06. The molecule has 1 aliphatic carbocycles. The van der Waals surface area contributed by atoms with Gasteiger partial charge in [-0.3, -0.25) is 0 Å². The maximum Gasteiger partial charge on any atom is 0.228 e. The quantitative estimate of drug-likeness (QED) is 0.480. The van der Waals surface area contributed by atoms with Crippen LogP contribution in [0.5, 0.6) is 5.88 Å². The van der Waals surface area contributed by atoms with Gasteiger partial charge in [0.05, 0.1) is 22.2 Å². The number of aliphatic imine (C=N–C) groups is 1. The van der Waals surface area contributed by atoms with Gasteiger partial charge in [-0.2, -0.15) is 0 Å². The Labute approximate surface area is 154 Å². The molecule has 0 saturated heterocycles. The minimum Gasteiger partial charge on any atom is -0.474 e. The molecule has 1 aromatic heterocycles. The van der Waals surface area contributed by atoms with Crippen LogP contribution in [-0.2, 0) is 0 Å². The molecule has 0 radical (unpaired) electrons. The number of hydrogen-bond donors (Lipinski definition) is 0. The molecular weight excluding hydrogens is 366 g/mol. The summed E-state index contributed by atoms with van der Waals surface area (Å²) >= 11 is 3.59. The smallest absolute Gasteiger partial charge is 0.228 e. The molecular formula is C19H30BrN3O. The van der Waals surface area contributed by atoms with Gasteiger partial charge in [-0.25, -0.2) is 9.98 Å². The Morgan fingerprint density at radius 1 is 1.38 bits per heavy atom. The summed E-state index contributed by atoms with van der Waals surface area (Å²) in [6.45, 7) is 9.65. The van der Waals surface area contributed by atoms with Gasteiger partial charge >= 0.3 is 0 Å². The van der Waals surface area contributed by atoms with Crippen molar-refractivity contribution in [2.24, 2.45) is 16.8 Å². The highest BCUT2D eigenvalue weighted by Crippen LogP contribution is 2.35. The SMILES string of the molecule is CCN(C)C=Nc1cc(Br)c(O[C@H]2CC[C@H](C(C)C)CC2)nc1C. The molecule has 0 amide bonds. The fraction of sp³-hybridized carbons (Fsp3) is 0.684. The van der Waals surface area contributed by atoms with Crippen molar-refractivity contribution in [3.63, 3.8) is 0 Å². The maximum atomic E-state index is 6.18. The van der Waals surface area contributed by atoms with Crippen molar-refractivity contribution in [3.05, 3.63) is 16.2 Å². The molecule has 4 nitrogen and oxygen atoms in total. The van der Waals surface area contributed by atoms with E-state index in [1.54, 1.807) is 0 Å². The summed E-state index contributed by atoms with van der Waals surface area (Å²) in [5.74, 6) is 2.31. The molecule has 24 heavy (non-hydrogen) atoms. The van der Waals surface area contributed by atoms with Crippen LogP contribution in [0.2, 0.25) is 0 Å². The predicted octanol–water partition coefficient (Wildman–Crippen LogP) is 5.36. The summed E-state index contributed by atoms with van der Waals surface area (Å²) in [4.78, 5) is 11.2. The molecule has 2 rings (SSSR count). The van der Waals surface area contributed by atoms with E-state index in [1.807, 2.05) is 31.3 Å². The Kier molecular flexibility index (Phi) is 7.08. The zero-order chi connectivity index (χ0) is 17.7. The fourth-order valence-corrected chi connectivity index (χ4v) is 3.43. The maximum absolute atomic E-state index is 6.18. The molecule has 0 unspecified atom stereocenters. The average molecular weight is 396 g/mol. The summed E-state index contributed by atoms with van der Waals surface area (Å²) in [6.07, 6.45) is 6.87. The first-order valence-corrected chi connectivity index (χ1v) is 9.78. The summed E-state index contributed by atoms with van der Waals surface area (Å²) in [6, 6.07) is 2.00. The van der Waals surface area contributed by atoms with Crippen molar-refractivity contribution in [2.45, 2.75) is 59.5 Å². The lowest BCUT2D eigenvalue weighted by molar-refractivity contribution is 0.111. The van der Waals surface area contributed by atoms with Gasteiger partial charge in [0.25, 0.3) is 0 Å². The van der Waals surface area contributed by atoms with Crippen LogP contribution in [-0.4, -0.2) is 35.9 Å². The van der Waals surface area contributed by atoms with Crippen molar-refractivity contribution >= 4 is 28.0 Å². The van der Waals surface area contributed by atoms with Gasteiger partial charge in [0, 0.05) is 13.6 Å². The van der Waals surface area contributed by atoms with Crippen LogP contribution < -0.4 is 4.74 Å². The van der Waals surface area contributed by atoms with E-state index in [2.05, 4.69) is 46.7 Å². The molecule has 0 aliphatic heterocycles. The second-order valence-corrected chi connectivity index (χ2v) is 7.95. The van der Waals surface area contributed by atoms with Crippen molar-refractivity contribution in [2.75, 3.05) is 13.6 Å². The third kappa shape index (κ3) is 5.20. The largest absolute Gasteiger partial charge is 0.474 e. The zero-order valence-corrected chi connectivity index (χ0v) is 17.1. The number of hydrogen-bond acceptors (Lipinski definition) is 3. The Morgan fingerprint density at radius 3 is 2.62 bits per heavy atom. The van der Waals surface area contributed by atoms with E-state index in [9.17, 15) is 0 Å². The lowest BCUT2D eigenvalue weighted by Gasteiger charge is -2.31. The molecule has 1 fully saturated rings. The fourth-order valence-electron chi connectivity index (χ4n) is 3.04. The molecule has 0 spiro atoms. The topological polar surface area (TPSA) is 37.7 Å². The Bertz CT molecular complexity index is 566. The first kappa shape index (κ1) is 19.2. The van der Waals surface area contributed by atoms with Gasteiger partial charge in [0.15, 0.2) is 0 Å². The molecule has 0 bridgehead atoms. The second kappa shape index (κ2) is 8.84. The van der Waals surface area contributed by atoms with Crippen LogP contribution in [0.15, 0.2) is 15.5 Å². The molecule has 134 valence electrons. The third-order valence-electron chi connectivity index (χ3n) is 4.94. The number of nitrogens with zero attached hydrogens (tertiary/aromatic N) is 3. The number of aryl methyl sites for hydroxylation is 1. The number of rotatable bonds is 6. The number of pyridine rings is 1. The standard InChI is InChI=1S/C19H30BrN3O/c1-6-23(5)12-21-18-11-17(20)19(22-14(18)4)24-16-9-7-15(8-10-16)13(2)3/h11-13,15-16H,6-10H2,1-5H3/t15-,16-. The molecule has 0 N–H and O–H groups in total. The van der Waals surface area contributed by atoms with Crippen LogP contribution in [0.3, 0.4) is 0 Å². The molecule has 1 aromatic rings. The van der Waals surface area contributed by atoms with E-state index in [4.69, 9.17) is 4.74 Å². The van der Waals surface area contributed by atoms with Gasteiger partial charge in [-0.05, 0) is 73.4 Å². The van der Waals surface area contributed by atoms with E-state index in [0.717, 1.165) is 47.1 Å². The van der Waals surface area contributed by atoms with Crippen molar-refractivity contribution < 1.29 is 4.74 Å². The normalized spacial score (nSPS) is 21.5. The third-order valence-corrected chi connectivity index (χ3v) is 5.51. The molecule has 0 atom stereocenters. The number of aromatic nitrogens is 1. The van der Waals surface area contributed by atoms with Crippen LogP contribution in [0.4, 0.5) is 5.69 Å². The van der Waals surface area contributed by atoms with E-state index < -0.39 is 0 Å². The van der Waals surface area contributed by atoms with Gasteiger partial charge in [-0.15, -0.1) is 0 Å². The van der Waals surface area contributed by atoms with Gasteiger partial charge in [0.2, 0.25) is 5.88 Å². The Hall–Kier alpha value is -1.10. The second-order valence-electron chi connectivity index (χ2n) is 7.10. The van der Waals surface area contributed by atoms with Crippen LogP contribution >= 0.6 is 15.9 Å². The monoisotopic (exact) mass is 395 g/mol. The van der Waals surface area contributed by atoms with E-state index in [-0.39, 0.29) is 6.10 Å². The predicted molar refractivity (Wildman–Crippen MR) is 104 cm³/mol. The van der Waals surface area contributed by atoms with Crippen LogP contribution in [0.25, 0.3) is 0 Å². The highest BCUT2D eigenvalue weighted by molar-refractivity contribution is 9.10. The molecule has 0 aromatic carbocycles. The van der Waals surface area contributed by atoms with E-state index >= 15 is 0 Å². The van der Waals surface area contributed by atoms with Gasteiger partial charge in [-0.1, -0.05) is 13.8 Å². The highest BCUT2D eigenvalue weighted by Gasteiger charge is 2.25. The number of halogens is 1. The highest BCUT2D eigenvalue weighted by atomic mass is 79.9. The Morgan fingerprint density at radius 2 is 2.04 bits per heavy atom. The summed E-state index contributed by atoms with van der Waals surface area (Å²) in [5.41, 5.74) is 1.77. The van der Waals surface area contributed by atoms with Crippen LogP contribution in [0, 0.1) is 18.8 Å². The lowest BCUT2D eigenvalue weighted by atomic mass is 9.80. The molecule has 1 aliphatic rings. The van der Waals surface area contributed by atoms with Crippen molar-refractivity contribution in [1.82, 2.24) is 9.88 Å². The van der Waals surface area contributed by atoms with Gasteiger partial charge in [0.1, 0.15) is 6.10 Å². The molecule has 1 heterocycles. The summed E-state index contributed by atoms with van der Waals surface area (Å²) in [5, 5.41) is 0. The van der Waals surface area contributed by atoms with E-state index in [0.29, 0.717) is 5.88 Å². The average Bonchev–Trinajstić information content (AvgIpc) is 2.56. The first-order chi connectivity index (χ1) is 11.4. The van der Waals surface area contributed by atoms with Crippen LogP contribution in [0.1, 0.15) is 52.1 Å². The first-order valence-electron chi connectivity index (χ1n) is 8.98.